The van der Waals surface area contributed by atoms with Crippen LogP contribution in [0.1, 0.15) is 32.6 Å². The molecule has 1 N–H and O–H groups in total. The zero-order valence-corrected chi connectivity index (χ0v) is 10.7. The minimum absolute atomic E-state index is 0.756. The summed E-state index contributed by atoms with van der Waals surface area (Å²) >= 11 is 0. The van der Waals surface area contributed by atoms with E-state index in [-0.39, 0.29) is 0 Å². The van der Waals surface area contributed by atoms with Crippen LogP contribution in [0, 0.1) is 0 Å². The molecule has 2 aliphatic rings. The molecule has 2 aliphatic heterocycles. The summed E-state index contributed by atoms with van der Waals surface area (Å²) in [4.78, 5) is 5.27. The highest BCUT2D eigenvalue weighted by Gasteiger charge is 2.21. The lowest BCUT2D eigenvalue weighted by Crippen LogP contribution is -2.38. The monoisotopic (exact) mass is 225 g/mol. The average molecular weight is 225 g/mol. The second kappa shape index (κ2) is 6.58. The fourth-order valence-corrected chi connectivity index (χ4v) is 2.96. The Morgan fingerprint density at radius 2 is 1.75 bits per heavy atom. The van der Waals surface area contributed by atoms with Gasteiger partial charge in [-0.1, -0.05) is 13.3 Å². The van der Waals surface area contributed by atoms with Crippen LogP contribution in [0.25, 0.3) is 0 Å². The summed E-state index contributed by atoms with van der Waals surface area (Å²) in [5, 5.41) is 3.56. The third-order valence-corrected chi connectivity index (χ3v) is 3.95. The van der Waals surface area contributed by atoms with E-state index in [1.165, 1.54) is 65.0 Å². The van der Waals surface area contributed by atoms with Crippen LogP contribution in [0.15, 0.2) is 0 Å². The van der Waals surface area contributed by atoms with Gasteiger partial charge in [0.2, 0.25) is 0 Å². The smallest absolute Gasteiger partial charge is 0.0207 e. The highest BCUT2D eigenvalue weighted by molar-refractivity contribution is 4.81. The van der Waals surface area contributed by atoms with Gasteiger partial charge in [-0.3, -0.25) is 0 Å². The van der Waals surface area contributed by atoms with Crippen molar-refractivity contribution in [1.82, 2.24) is 15.1 Å². The minimum atomic E-state index is 0.756. The molecule has 0 amide bonds. The Morgan fingerprint density at radius 1 is 1.00 bits per heavy atom. The molecule has 1 atom stereocenters. The molecule has 3 heteroatoms. The molecule has 0 spiro atoms. The van der Waals surface area contributed by atoms with Gasteiger partial charge < -0.3 is 15.1 Å². The summed E-state index contributed by atoms with van der Waals surface area (Å²) in [7, 11) is 0. The fraction of sp³-hybridized carbons (Fsp3) is 1.00. The standard InChI is InChI=1S/C13H27N3/c1-2-14-13-6-9-16(12-13)11-10-15-7-4-3-5-8-15/h13-14H,2-12H2,1H3. The van der Waals surface area contributed by atoms with Crippen molar-refractivity contribution in [3.63, 3.8) is 0 Å². The Hall–Kier alpha value is -0.120. The van der Waals surface area contributed by atoms with Crippen molar-refractivity contribution < 1.29 is 0 Å². The second-order valence-corrected chi connectivity index (χ2v) is 5.25. The van der Waals surface area contributed by atoms with Gasteiger partial charge in [0.25, 0.3) is 0 Å². The van der Waals surface area contributed by atoms with Crippen molar-refractivity contribution in [3.05, 3.63) is 0 Å². The van der Waals surface area contributed by atoms with Crippen LogP contribution in [0.4, 0.5) is 0 Å². The molecule has 2 heterocycles. The summed E-state index contributed by atoms with van der Waals surface area (Å²) in [6, 6.07) is 0.756. The van der Waals surface area contributed by atoms with Crippen LogP contribution in [0.5, 0.6) is 0 Å². The Kier molecular flexibility index (Phi) is 5.07. The Balaban J connectivity index is 1.59. The molecular formula is C13H27N3. The Bertz CT molecular complexity index is 190. The van der Waals surface area contributed by atoms with Crippen LogP contribution in [0.2, 0.25) is 0 Å². The molecule has 16 heavy (non-hydrogen) atoms. The molecule has 1 unspecified atom stereocenters. The van der Waals surface area contributed by atoms with E-state index in [0.717, 1.165) is 12.6 Å². The van der Waals surface area contributed by atoms with Crippen molar-refractivity contribution in [2.45, 2.75) is 38.6 Å². The molecule has 94 valence electrons. The van der Waals surface area contributed by atoms with Crippen LogP contribution in [-0.2, 0) is 0 Å². The molecule has 0 aliphatic carbocycles. The number of hydrogen-bond acceptors (Lipinski definition) is 3. The lowest BCUT2D eigenvalue weighted by molar-refractivity contribution is 0.195. The van der Waals surface area contributed by atoms with Gasteiger partial charge in [0.15, 0.2) is 0 Å². The Morgan fingerprint density at radius 3 is 2.50 bits per heavy atom. The summed E-state index contributed by atoms with van der Waals surface area (Å²) in [6.07, 6.45) is 5.62. The number of rotatable bonds is 5. The van der Waals surface area contributed by atoms with E-state index in [4.69, 9.17) is 0 Å². The van der Waals surface area contributed by atoms with Gasteiger partial charge in [0.05, 0.1) is 0 Å². The molecule has 0 aromatic heterocycles. The predicted molar refractivity (Wildman–Crippen MR) is 68.8 cm³/mol. The lowest BCUT2D eigenvalue weighted by atomic mass is 10.1. The van der Waals surface area contributed by atoms with E-state index in [0.29, 0.717) is 0 Å². The quantitative estimate of drug-likeness (QED) is 0.757. The first-order valence-electron chi connectivity index (χ1n) is 7.06. The molecule has 2 rings (SSSR count). The molecule has 3 nitrogen and oxygen atoms in total. The van der Waals surface area contributed by atoms with E-state index in [9.17, 15) is 0 Å². The van der Waals surface area contributed by atoms with Crippen molar-refractivity contribution in [1.29, 1.82) is 0 Å². The first-order chi connectivity index (χ1) is 7.88. The molecule has 0 saturated carbocycles. The van der Waals surface area contributed by atoms with Gasteiger partial charge in [-0.05, 0) is 45.4 Å². The van der Waals surface area contributed by atoms with E-state index >= 15 is 0 Å². The third-order valence-electron chi connectivity index (χ3n) is 3.95. The minimum Gasteiger partial charge on any atom is -0.313 e. The van der Waals surface area contributed by atoms with Crippen LogP contribution < -0.4 is 5.32 Å². The molecule has 0 radical (unpaired) electrons. The molecule has 0 aromatic carbocycles. The zero-order valence-electron chi connectivity index (χ0n) is 10.7. The number of likely N-dealkylation sites (N-methyl/N-ethyl adjacent to an activating group) is 1. The number of nitrogens with zero attached hydrogens (tertiary/aromatic N) is 2. The number of nitrogens with one attached hydrogen (secondary N) is 1. The van der Waals surface area contributed by atoms with E-state index in [1.807, 2.05) is 0 Å². The van der Waals surface area contributed by atoms with Crippen molar-refractivity contribution in [3.8, 4) is 0 Å². The van der Waals surface area contributed by atoms with Gasteiger partial charge in [0, 0.05) is 25.7 Å². The van der Waals surface area contributed by atoms with Crippen molar-refractivity contribution in [2.75, 3.05) is 45.8 Å². The highest BCUT2D eigenvalue weighted by atomic mass is 15.2. The number of likely N-dealkylation sites (tertiary alicyclic amines) is 2. The van der Waals surface area contributed by atoms with Gasteiger partial charge in [-0.25, -0.2) is 0 Å². The summed E-state index contributed by atoms with van der Waals surface area (Å²) in [6.45, 7) is 11.1. The summed E-state index contributed by atoms with van der Waals surface area (Å²) < 4.78 is 0. The van der Waals surface area contributed by atoms with Crippen molar-refractivity contribution >= 4 is 0 Å². The first-order valence-corrected chi connectivity index (χ1v) is 7.06. The highest BCUT2D eigenvalue weighted by Crippen LogP contribution is 2.11. The average Bonchev–Trinajstić information content (AvgIpc) is 2.76. The molecule has 2 saturated heterocycles. The number of piperidine rings is 1. The Labute approximate surface area is 100 Å². The summed E-state index contributed by atoms with van der Waals surface area (Å²) in [5.74, 6) is 0. The number of hydrogen-bond donors (Lipinski definition) is 1. The van der Waals surface area contributed by atoms with Crippen LogP contribution in [-0.4, -0.2) is 61.7 Å². The maximum atomic E-state index is 3.56. The molecule has 2 fully saturated rings. The maximum Gasteiger partial charge on any atom is 0.0207 e. The summed E-state index contributed by atoms with van der Waals surface area (Å²) in [5.41, 5.74) is 0. The molecule has 0 bridgehead atoms. The van der Waals surface area contributed by atoms with Crippen LogP contribution >= 0.6 is 0 Å². The topological polar surface area (TPSA) is 18.5 Å². The molecular weight excluding hydrogens is 198 g/mol. The zero-order chi connectivity index (χ0) is 11.2. The van der Waals surface area contributed by atoms with Gasteiger partial charge in [0.1, 0.15) is 0 Å². The fourth-order valence-electron chi connectivity index (χ4n) is 2.96. The van der Waals surface area contributed by atoms with E-state index < -0.39 is 0 Å². The lowest BCUT2D eigenvalue weighted by Gasteiger charge is -2.28. The van der Waals surface area contributed by atoms with Gasteiger partial charge in [-0.15, -0.1) is 0 Å². The van der Waals surface area contributed by atoms with Crippen molar-refractivity contribution in [2.24, 2.45) is 0 Å². The van der Waals surface area contributed by atoms with Crippen LogP contribution in [0.3, 0.4) is 0 Å². The first kappa shape index (κ1) is 12.3. The van der Waals surface area contributed by atoms with Gasteiger partial charge in [-0.2, -0.15) is 0 Å². The normalized spacial score (nSPS) is 28.7. The van der Waals surface area contributed by atoms with E-state index in [1.54, 1.807) is 0 Å². The van der Waals surface area contributed by atoms with E-state index in [2.05, 4.69) is 22.0 Å². The second-order valence-electron chi connectivity index (χ2n) is 5.25. The predicted octanol–water partition coefficient (Wildman–Crippen LogP) is 1.16. The third kappa shape index (κ3) is 3.72. The largest absolute Gasteiger partial charge is 0.313 e. The van der Waals surface area contributed by atoms with Gasteiger partial charge >= 0.3 is 0 Å². The maximum absolute atomic E-state index is 3.56. The SMILES string of the molecule is CCNC1CCN(CCN2CCCCC2)C1. The molecule has 0 aromatic rings.